The second kappa shape index (κ2) is 10.2. The standard InChI is InChI=1S/C23H26Cl2N2O3/c1-16-5-3-6-17(2)22(16)30-14-4-7-21(28)26-10-12-27(13-11-26)23(29)19-15-18(24)8-9-20(19)25/h3,5-6,8-9,15H,4,7,10-14H2,1-2H3. The molecule has 0 spiro atoms. The Kier molecular flexibility index (Phi) is 7.62. The van der Waals surface area contributed by atoms with Crippen molar-refractivity contribution in [3.8, 4) is 5.75 Å². The van der Waals surface area contributed by atoms with Crippen molar-refractivity contribution in [1.82, 2.24) is 9.80 Å². The molecule has 0 saturated carbocycles. The second-order valence-electron chi connectivity index (χ2n) is 7.47. The van der Waals surface area contributed by atoms with E-state index in [2.05, 4.69) is 0 Å². The van der Waals surface area contributed by atoms with Gasteiger partial charge in [0.25, 0.3) is 5.91 Å². The molecule has 0 N–H and O–H groups in total. The molecule has 0 aromatic heterocycles. The zero-order valence-corrected chi connectivity index (χ0v) is 18.8. The number of halogens is 2. The highest BCUT2D eigenvalue weighted by molar-refractivity contribution is 6.35. The van der Waals surface area contributed by atoms with Gasteiger partial charge in [-0.25, -0.2) is 0 Å². The van der Waals surface area contributed by atoms with Gasteiger partial charge < -0.3 is 14.5 Å². The van der Waals surface area contributed by atoms with Gasteiger partial charge in [0.05, 0.1) is 17.2 Å². The van der Waals surface area contributed by atoms with Gasteiger partial charge in [0.15, 0.2) is 0 Å². The first kappa shape index (κ1) is 22.4. The molecule has 0 aliphatic carbocycles. The average Bonchev–Trinajstić information content (AvgIpc) is 2.74. The number of ether oxygens (including phenoxy) is 1. The number of nitrogens with zero attached hydrogens (tertiary/aromatic N) is 2. The van der Waals surface area contributed by atoms with Gasteiger partial charge in [-0.3, -0.25) is 9.59 Å². The lowest BCUT2D eigenvalue weighted by atomic mass is 10.1. The van der Waals surface area contributed by atoms with Crippen LogP contribution in [0, 0.1) is 13.8 Å². The van der Waals surface area contributed by atoms with E-state index in [1.165, 1.54) is 0 Å². The number of para-hydroxylation sites is 1. The molecule has 0 atom stereocenters. The van der Waals surface area contributed by atoms with Crippen molar-refractivity contribution in [2.45, 2.75) is 26.7 Å². The van der Waals surface area contributed by atoms with Crippen molar-refractivity contribution in [1.29, 1.82) is 0 Å². The maximum Gasteiger partial charge on any atom is 0.255 e. The van der Waals surface area contributed by atoms with E-state index in [1.54, 1.807) is 23.1 Å². The summed E-state index contributed by atoms with van der Waals surface area (Å²) < 4.78 is 5.88. The summed E-state index contributed by atoms with van der Waals surface area (Å²) in [5.74, 6) is 0.835. The van der Waals surface area contributed by atoms with Crippen molar-refractivity contribution in [3.05, 3.63) is 63.1 Å². The highest BCUT2D eigenvalue weighted by Crippen LogP contribution is 2.24. The summed E-state index contributed by atoms with van der Waals surface area (Å²) in [6, 6.07) is 10.9. The molecule has 0 radical (unpaired) electrons. The summed E-state index contributed by atoms with van der Waals surface area (Å²) in [4.78, 5) is 28.8. The lowest BCUT2D eigenvalue weighted by molar-refractivity contribution is -0.132. The Morgan fingerprint density at radius 3 is 2.27 bits per heavy atom. The van der Waals surface area contributed by atoms with Crippen molar-refractivity contribution in [2.24, 2.45) is 0 Å². The number of carbonyl (C=O) groups excluding carboxylic acids is 2. The molecule has 1 heterocycles. The molecule has 1 aliphatic rings. The van der Waals surface area contributed by atoms with Crippen LogP contribution in [-0.2, 0) is 4.79 Å². The van der Waals surface area contributed by atoms with Crippen LogP contribution in [0.15, 0.2) is 36.4 Å². The van der Waals surface area contributed by atoms with E-state index in [0.717, 1.165) is 16.9 Å². The number of amides is 2. The fourth-order valence-corrected chi connectivity index (χ4v) is 3.94. The van der Waals surface area contributed by atoms with Crippen LogP contribution in [0.3, 0.4) is 0 Å². The van der Waals surface area contributed by atoms with Crippen LogP contribution in [0.25, 0.3) is 0 Å². The molecule has 2 aromatic carbocycles. The Morgan fingerprint density at radius 2 is 1.60 bits per heavy atom. The third-order valence-electron chi connectivity index (χ3n) is 5.27. The van der Waals surface area contributed by atoms with Gasteiger partial charge >= 0.3 is 0 Å². The molecule has 0 unspecified atom stereocenters. The molecule has 160 valence electrons. The number of benzene rings is 2. The summed E-state index contributed by atoms with van der Waals surface area (Å²) in [5.41, 5.74) is 2.59. The number of aryl methyl sites for hydroxylation is 2. The van der Waals surface area contributed by atoms with Gasteiger partial charge in [0, 0.05) is 37.6 Å². The molecule has 0 bridgehead atoms. The minimum absolute atomic E-state index is 0.0907. The second-order valence-corrected chi connectivity index (χ2v) is 8.31. The van der Waals surface area contributed by atoms with Gasteiger partial charge in [-0.05, 0) is 49.6 Å². The van der Waals surface area contributed by atoms with Crippen molar-refractivity contribution < 1.29 is 14.3 Å². The summed E-state index contributed by atoms with van der Waals surface area (Å²) in [7, 11) is 0. The Balaban J connectivity index is 1.44. The Hall–Kier alpha value is -2.24. The normalized spacial score (nSPS) is 14.0. The molecule has 2 aromatic rings. The number of hydrogen-bond acceptors (Lipinski definition) is 3. The van der Waals surface area contributed by atoms with Crippen LogP contribution in [-0.4, -0.2) is 54.4 Å². The van der Waals surface area contributed by atoms with Gasteiger partial charge in [-0.2, -0.15) is 0 Å². The number of carbonyl (C=O) groups is 2. The predicted octanol–water partition coefficient (Wildman–Crippen LogP) is 4.75. The maximum absolute atomic E-state index is 12.7. The largest absolute Gasteiger partial charge is 0.493 e. The SMILES string of the molecule is Cc1cccc(C)c1OCCCC(=O)N1CCN(C(=O)c2cc(Cl)ccc2Cl)CC1. The number of rotatable bonds is 6. The first-order chi connectivity index (χ1) is 14.4. The zero-order valence-electron chi connectivity index (χ0n) is 17.3. The van der Waals surface area contributed by atoms with E-state index >= 15 is 0 Å². The molecule has 1 saturated heterocycles. The van der Waals surface area contributed by atoms with Crippen LogP contribution >= 0.6 is 23.2 Å². The Morgan fingerprint density at radius 1 is 0.967 bits per heavy atom. The molecule has 7 heteroatoms. The number of piperazine rings is 1. The van der Waals surface area contributed by atoms with Crippen molar-refractivity contribution >= 4 is 35.0 Å². The minimum atomic E-state index is -0.156. The van der Waals surface area contributed by atoms with Crippen LogP contribution in [0.2, 0.25) is 10.0 Å². The van der Waals surface area contributed by atoms with E-state index in [9.17, 15) is 9.59 Å². The molecule has 2 amide bonds. The van der Waals surface area contributed by atoms with E-state index in [0.29, 0.717) is 61.2 Å². The summed E-state index contributed by atoms with van der Waals surface area (Å²) in [6.07, 6.45) is 1.09. The van der Waals surface area contributed by atoms with E-state index in [4.69, 9.17) is 27.9 Å². The van der Waals surface area contributed by atoms with Crippen molar-refractivity contribution in [3.63, 3.8) is 0 Å². The van der Waals surface area contributed by atoms with E-state index in [-0.39, 0.29) is 11.8 Å². The molecule has 1 aliphatic heterocycles. The fourth-order valence-electron chi connectivity index (χ4n) is 3.57. The lowest BCUT2D eigenvalue weighted by Crippen LogP contribution is -2.50. The summed E-state index contributed by atoms with van der Waals surface area (Å²) in [6.45, 7) is 6.53. The van der Waals surface area contributed by atoms with E-state index in [1.807, 2.05) is 36.9 Å². The first-order valence-corrected chi connectivity index (χ1v) is 10.8. The predicted molar refractivity (Wildman–Crippen MR) is 120 cm³/mol. The van der Waals surface area contributed by atoms with Crippen LogP contribution in [0.4, 0.5) is 0 Å². The zero-order chi connectivity index (χ0) is 21.7. The highest BCUT2D eigenvalue weighted by Gasteiger charge is 2.25. The first-order valence-electron chi connectivity index (χ1n) is 10.1. The maximum atomic E-state index is 12.7. The van der Waals surface area contributed by atoms with Crippen molar-refractivity contribution in [2.75, 3.05) is 32.8 Å². The number of hydrogen-bond donors (Lipinski definition) is 0. The monoisotopic (exact) mass is 448 g/mol. The van der Waals surface area contributed by atoms with Crippen LogP contribution in [0.1, 0.15) is 34.3 Å². The highest BCUT2D eigenvalue weighted by atomic mass is 35.5. The molecular weight excluding hydrogens is 423 g/mol. The molecule has 5 nitrogen and oxygen atoms in total. The Labute approximate surface area is 187 Å². The Bertz CT molecular complexity index is 904. The summed E-state index contributed by atoms with van der Waals surface area (Å²) in [5, 5.41) is 0.853. The van der Waals surface area contributed by atoms with Crippen LogP contribution < -0.4 is 4.74 Å². The molecule has 3 rings (SSSR count). The third-order valence-corrected chi connectivity index (χ3v) is 5.83. The molecule has 30 heavy (non-hydrogen) atoms. The smallest absolute Gasteiger partial charge is 0.255 e. The van der Waals surface area contributed by atoms with Gasteiger partial charge in [-0.15, -0.1) is 0 Å². The van der Waals surface area contributed by atoms with E-state index < -0.39 is 0 Å². The third kappa shape index (κ3) is 5.46. The lowest BCUT2D eigenvalue weighted by Gasteiger charge is -2.35. The van der Waals surface area contributed by atoms with Gasteiger partial charge in [0.1, 0.15) is 5.75 Å². The molecule has 1 fully saturated rings. The quantitative estimate of drug-likeness (QED) is 0.598. The summed E-state index contributed by atoms with van der Waals surface area (Å²) >= 11 is 12.1. The average molecular weight is 449 g/mol. The van der Waals surface area contributed by atoms with Crippen LogP contribution in [0.5, 0.6) is 5.75 Å². The molecular formula is C23H26Cl2N2O3. The minimum Gasteiger partial charge on any atom is -0.493 e. The fraction of sp³-hybridized carbons (Fsp3) is 0.391. The van der Waals surface area contributed by atoms with Gasteiger partial charge in [0.2, 0.25) is 5.91 Å². The topological polar surface area (TPSA) is 49.9 Å². The van der Waals surface area contributed by atoms with Gasteiger partial charge in [-0.1, -0.05) is 41.4 Å².